The Bertz CT molecular complexity index is 322. The molecule has 0 aliphatic carbocycles. The fourth-order valence-corrected chi connectivity index (χ4v) is 0.988. The van der Waals surface area contributed by atoms with E-state index in [1.165, 1.54) is 0 Å². The van der Waals surface area contributed by atoms with Crippen molar-refractivity contribution in [1.29, 1.82) is 0 Å². The highest BCUT2D eigenvalue weighted by molar-refractivity contribution is 5.87. The van der Waals surface area contributed by atoms with E-state index in [0.717, 1.165) is 5.56 Å². The molecule has 0 atom stereocenters. The van der Waals surface area contributed by atoms with E-state index in [0.29, 0.717) is 12.2 Å². The van der Waals surface area contributed by atoms with Crippen LogP contribution >= 0.6 is 0 Å². The number of hydrogen-bond donors (Lipinski definition) is 2. The molecule has 68 valence electrons. The van der Waals surface area contributed by atoms with Crippen molar-refractivity contribution in [2.75, 3.05) is 5.32 Å². The lowest BCUT2D eigenvalue weighted by Crippen LogP contribution is -2.20. The van der Waals surface area contributed by atoms with Gasteiger partial charge in [-0.1, -0.05) is 12.1 Å². The first-order valence-corrected chi connectivity index (χ1v) is 3.85. The van der Waals surface area contributed by atoms with Crippen molar-refractivity contribution in [3.63, 3.8) is 0 Å². The number of carbonyl (C=O) groups is 1. The molecular formula is C9H11N3O. The Morgan fingerprint density at radius 1 is 1.77 bits per heavy atom. The third kappa shape index (κ3) is 2.59. The van der Waals surface area contributed by atoms with Gasteiger partial charge in [-0.15, -0.1) is 6.58 Å². The van der Waals surface area contributed by atoms with Gasteiger partial charge in [0.05, 0.1) is 0 Å². The summed E-state index contributed by atoms with van der Waals surface area (Å²) in [6, 6.07) is 3.05. The van der Waals surface area contributed by atoms with Crippen LogP contribution in [0.1, 0.15) is 5.56 Å². The van der Waals surface area contributed by atoms with E-state index < -0.39 is 6.03 Å². The molecule has 4 heteroatoms. The SMILES string of the molecule is C=CCc1cccnc1NC(N)=O. The second kappa shape index (κ2) is 4.25. The summed E-state index contributed by atoms with van der Waals surface area (Å²) in [5.41, 5.74) is 5.87. The van der Waals surface area contributed by atoms with E-state index in [9.17, 15) is 4.79 Å². The summed E-state index contributed by atoms with van der Waals surface area (Å²) < 4.78 is 0. The molecule has 0 bridgehead atoms. The van der Waals surface area contributed by atoms with Crippen LogP contribution in [0, 0.1) is 0 Å². The van der Waals surface area contributed by atoms with Gasteiger partial charge >= 0.3 is 6.03 Å². The average molecular weight is 177 g/mol. The Hall–Kier alpha value is -1.84. The number of nitrogens with zero attached hydrogens (tertiary/aromatic N) is 1. The predicted molar refractivity (Wildman–Crippen MR) is 51.3 cm³/mol. The number of hydrogen-bond acceptors (Lipinski definition) is 2. The first-order valence-electron chi connectivity index (χ1n) is 3.85. The minimum atomic E-state index is -0.607. The minimum Gasteiger partial charge on any atom is -0.351 e. The van der Waals surface area contributed by atoms with E-state index in [1.807, 2.05) is 6.07 Å². The molecule has 0 aromatic carbocycles. The maximum absolute atomic E-state index is 10.6. The van der Waals surface area contributed by atoms with Crippen LogP contribution in [0.25, 0.3) is 0 Å². The molecule has 13 heavy (non-hydrogen) atoms. The molecule has 4 nitrogen and oxygen atoms in total. The van der Waals surface area contributed by atoms with Gasteiger partial charge in [0.1, 0.15) is 5.82 Å². The monoisotopic (exact) mass is 177 g/mol. The highest BCUT2D eigenvalue weighted by Crippen LogP contribution is 2.11. The fourth-order valence-electron chi connectivity index (χ4n) is 0.988. The maximum Gasteiger partial charge on any atom is 0.317 e. The van der Waals surface area contributed by atoms with Crippen LogP contribution < -0.4 is 11.1 Å². The lowest BCUT2D eigenvalue weighted by Gasteiger charge is -2.05. The third-order valence-electron chi connectivity index (χ3n) is 1.50. The molecule has 0 saturated heterocycles. The van der Waals surface area contributed by atoms with Crippen LogP contribution in [-0.4, -0.2) is 11.0 Å². The number of amides is 2. The predicted octanol–water partition coefficient (Wildman–Crippen LogP) is 1.30. The number of nitrogens with one attached hydrogen (secondary N) is 1. The van der Waals surface area contributed by atoms with Crippen LogP contribution in [-0.2, 0) is 6.42 Å². The Morgan fingerprint density at radius 2 is 2.54 bits per heavy atom. The Labute approximate surface area is 76.5 Å². The summed E-state index contributed by atoms with van der Waals surface area (Å²) in [6.45, 7) is 3.60. The van der Waals surface area contributed by atoms with Crippen LogP contribution in [0.5, 0.6) is 0 Å². The molecule has 0 radical (unpaired) electrons. The molecule has 1 rings (SSSR count). The number of anilines is 1. The van der Waals surface area contributed by atoms with Gasteiger partial charge in [-0.05, 0) is 18.1 Å². The van der Waals surface area contributed by atoms with Gasteiger partial charge in [0.2, 0.25) is 0 Å². The lowest BCUT2D eigenvalue weighted by atomic mass is 10.2. The summed E-state index contributed by atoms with van der Waals surface area (Å²) in [5.74, 6) is 0.495. The lowest BCUT2D eigenvalue weighted by molar-refractivity contribution is 0.259. The zero-order valence-corrected chi connectivity index (χ0v) is 7.16. The average Bonchev–Trinajstić information content (AvgIpc) is 2.08. The zero-order chi connectivity index (χ0) is 9.68. The number of pyridine rings is 1. The number of primary amides is 1. The molecule has 0 unspecified atom stereocenters. The molecular weight excluding hydrogens is 166 g/mol. The van der Waals surface area contributed by atoms with Crippen LogP contribution in [0.3, 0.4) is 0 Å². The number of carbonyl (C=O) groups excluding carboxylic acids is 1. The Balaban J connectivity index is 2.90. The van der Waals surface area contributed by atoms with Crippen LogP contribution in [0.4, 0.5) is 10.6 Å². The van der Waals surface area contributed by atoms with E-state index >= 15 is 0 Å². The molecule has 0 aliphatic heterocycles. The normalized spacial score (nSPS) is 9.23. The van der Waals surface area contributed by atoms with Crippen molar-refractivity contribution in [2.45, 2.75) is 6.42 Å². The summed E-state index contributed by atoms with van der Waals surface area (Å²) in [4.78, 5) is 14.5. The van der Waals surface area contributed by atoms with Crippen LogP contribution in [0.15, 0.2) is 31.0 Å². The van der Waals surface area contributed by atoms with Crippen molar-refractivity contribution < 1.29 is 4.79 Å². The molecule has 0 spiro atoms. The van der Waals surface area contributed by atoms with Gasteiger partial charge in [0, 0.05) is 6.20 Å². The first kappa shape index (κ1) is 9.25. The summed E-state index contributed by atoms with van der Waals surface area (Å²) in [6.07, 6.45) is 3.99. The van der Waals surface area contributed by atoms with Gasteiger partial charge in [0.25, 0.3) is 0 Å². The molecule has 1 heterocycles. The van der Waals surface area contributed by atoms with E-state index in [4.69, 9.17) is 5.73 Å². The van der Waals surface area contributed by atoms with Crippen LogP contribution in [0.2, 0.25) is 0 Å². The zero-order valence-electron chi connectivity index (χ0n) is 7.16. The number of aromatic nitrogens is 1. The van der Waals surface area contributed by atoms with Crippen molar-refractivity contribution >= 4 is 11.8 Å². The van der Waals surface area contributed by atoms with Gasteiger partial charge < -0.3 is 5.73 Å². The van der Waals surface area contributed by atoms with Gasteiger partial charge in [-0.25, -0.2) is 9.78 Å². The van der Waals surface area contributed by atoms with Crippen molar-refractivity contribution in [2.24, 2.45) is 5.73 Å². The van der Waals surface area contributed by atoms with E-state index in [2.05, 4.69) is 16.9 Å². The standard InChI is InChI=1S/C9H11N3O/c1-2-4-7-5-3-6-11-8(7)12-9(10)13/h2-3,5-6H,1,4H2,(H3,10,11,12,13). The Kier molecular flexibility index (Phi) is 3.03. The van der Waals surface area contributed by atoms with E-state index in [-0.39, 0.29) is 0 Å². The maximum atomic E-state index is 10.6. The Morgan fingerprint density at radius 3 is 3.15 bits per heavy atom. The molecule has 0 saturated carbocycles. The quantitative estimate of drug-likeness (QED) is 0.683. The highest BCUT2D eigenvalue weighted by Gasteiger charge is 2.02. The summed E-state index contributed by atoms with van der Waals surface area (Å²) in [5, 5.41) is 2.44. The summed E-state index contributed by atoms with van der Waals surface area (Å²) in [7, 11) is 0. The molecule has 1 aromatic rings. The topological polar surface area (TPSA) is 68.0 Å². The van der Waals surface area contributed by atoms with Gasteiger partial charge in [-0.3, -0.25) is 5.32 Å². The molecule has 2 amide bonds. The highest BCUT2D eigenvalue weighted by atomic mass is 16.2. The number of nitrogens with two attached hydrogens (primary N) is 1. The number of urea groups is 1. The van der Waals surface area contributed by atoms with E-state index in [1.54, 1.807) is 18.3 Å². The van der Waals surface area contributed by atoms with Crippen molar-refractivity contribution in [1.82, 2.24) is 4.98 Å². The van der Waals surface area contributed by atoms with Gasteiger partial charge in [0.15, 0.2) is 0 Å². The summed E-state index contributed by atoms with van der Waals surface area (Å²) >= 11 is 0. The smallest absolute Gasteiger partial charge is 0.317 e. The fraction of sp³-hybridized carbons (Fsp3) is 0.111. The first-order chi connectivity index (χ1) is 6.24. The molecule has 3 N–H and O–H groups in total. The second-order valence-corrected chi connectivity index (χ2v) is 2.49. The third-order valence-corrected chi connectivity index (χ3v) is 1.50. The molecule has 0 aliphatic rings. The minimum absolute atomic E-state index is 0.495. The van der Waals surface area contributed by atoms with Gasteiger partial charge in [-0.2, -0.15) is 0 Å². The molecule has 1 aromatic heterocycles. The number of allylic oxidation sites excluding steroid dienone is 1. The van der Waals surface area contributed by atoms with Crippen molar-refractivity contribution in [3.8, 4) is 0 Å². The van der Waals surface area contributed by atoms with Crippen molar-refractivity contribution in [3.05, 3.63) is 36.5 Å². The number of rotatable bonds is 3. The second-order valence-electron chi connectivity index (χ2n) is 2.49. The molecule has 0 fully saturated rings. The largest absolute Gasteiger partial charge is 0.351 e.